The number of hydrogen-bond acceptors (Lipinski definition) is 4. The van der Waals surface area contributed by atoms with Gasteiger partial charge in [-0.1, -0.05) is 6.92 Å². The Labute approximate surface area is 99.3 Å². The molecule has 0 aromatic carbocycles. The maximum atomic E-state index is 5.42. The lowest BCUT2D eigenvalue weighted by Gasteiger charge is -2.21. The maximum absolute atomic E-state index is 5.42. The predicted octanol–water partition coefficient (Wildman–Crippen LogP) is 0.720. The van der Waals surface area contributed by atoms with Crippen molar-refractivity contribution in [2.24, 2.45) is 0 Å². The second-order valence-electron chi connectivity index (χ2n) is 4.62. The number of ether oxygens (including phenoxy) is 2. The molecule has 4 heteroatoms. The fourth-order valence-corrected chi connectivity index (χ4v) is 2.26. The average Bonchev–Trinajstić information content (AvgIpc) is 2.68. The predicted molar refractivity (Wildman–Crippen MR) is 65.8 cm³/mol. The van der Waals surface area contributed by atoms with Crippen LogP contribution in [0.25, 0.3) is 0 Å². The Balaban J connectivity index is 2.28. The molecule has 96 valence electrons. The first-order valence-electron chi connectivity index (χ1n) is 6.22. The first kappa shape index (κ1) is 13.9. The van der Waals surface area contributed by atoms with E-state index in [1.165, 1.54) is 6.42 Å². The van der Waals surface area contributed by atoms with Gasteiger partial charge in [0.15, 0.2) is 0 Å². The minimum Gasteiger partial charge on any atom is -0.377 e. The smallest absolute Gasteiger partial charge is 0.0971 e. The highest BCUT2D eigenvalue weighted by atomic mass is 16.5. The number of nitrogens with one attached hydrogen (secondary N) is 1. The van der Waals surface area contributed by atoms with Gasteiger partial charge in [0.25, 0.3) is 0 Å². The molecule has 0 aromatic heterocycles. The molecule has 0 spiro atoms. The van der Waals surface area contributed by atoms with Crippen LogP contribution in [0.4, 0.5) is 0 Å². The molecule has 4 nitrogen and oxygen atoms in total. The Hall–Kier alpha value is -0.160. The minimum absolute atomic E-state index is 0.225. The molecule has 1 heterocycles. The van der Waals surface area contributed by atoms with E-state index in [-0.39, 0.29) is 12.2 Å². The van der Waals surface area contributed by atoms with Gasteiger partial charge in [0, 0.05) is 39.9 Å². The summed E-state index contributed by atoms with van der Waals surface area (Å²) in [5.74, 6) is 0. The molecule has 0 aromatic rings. The molecule has 1 aliphatic heterocycles. The Morgan fingerprint density at radius 1 is 1.25 bits per heavy atom. The van der Waals surface area contributed by atoms with E-state index in [2.05, 4.69) is 24.1 Å². The van der Waals surface area contributed by atoms with Crippen molar-refractivity contribution in [2.75, 3.05) is 40.4 Å². The molecule has 0 bridgehead atoms. The zero-order valence-electron chi connectivity index (χ0n) is 11.0. The Morgan fingerprint density at radius 3 is 2.25 bits per heavy atom. The van der Waals surface area contributed by atoms with Crippen LogP contribution in [0.2, 0.25) is 0 Å². The third kappa shape index (κ3) is 4.01. The van der Waals surface area contributed by atoms with E-state index in [1.807, 2.05) is 0 Å². The number of hydrogen-bond donors (Lipinski definition) is 1. The summed E-state index contributed by atoms with van der Waals surface area (Å²) in [4.78, 5) is 2.41. The van der Waals surface area contributed by atoms with Gasteiger partial charge in [-0.15, -0.1) is 0 Å². The summed E-state index contributed by atoms with van der Waals surface area (Å²) < 4.78 is 10.8. The van der Waals surface area contributed by atoms with Gasteiger partial charge in [0.05, 0.1) is 12.2 Å². The molecule has 1 saturated heterocycles. The molecule has 0 radical (unpaired) electrons. The molecule has 0 aliphatic carbocycles. The lowest BCUT2D eigenvalue weighted by molar-refractivity contribution is -0.00461. The summed E-state index contributed by atoms with van der Waals surface area (Å²) in [6, 6.07) is 0.535. The highest BCUT2D eigenvalue weighted by molar-refractivity contribution is 4.87. The molecule has 3 atom stereocenters. The normalized spacial score (nSPS) is 28.5. The standard InChI is InChI=1S/C12H26N2O2/c1-5-6-13-10(2)7-14-8-11(15-3)12(9-14)16-4/h10-13H,5-9H2,1-4H3. The van der Waals surface area contributed by atoms with Crippen molar-refractivity contribution in [3.05, 3.63) is 0 Å². The van der Waals surface area contributed by atoms with E-state index < -0.39 is 0 Å². The molecule has 16 heavy (non-hydrogen) atoms. The lowest BCUT2D eigenvalue weighted by atomic mass is 10.3. The van der Waals surface area contributed by atoms with Gasteiger partial charge < -0.3 is 14.8 Å². The fraction of sp³-hybridized carbons (Fsp3) is 1.00. The summed E-state index contributed by atoms with van der Waals surface area (Å²) in [7, 11) is 3.53. The third-order valence-corrected chi connectivity index (χ3v) is 3.17. The first-order chi connectivity index (χ1) is 7.71. The van der Waals surface area contributed by atoms with E-state index in [4.69, 9.17) is 9.47 Å². The Bertz CT molecular complexity index is 178. The SMILES string of the molecule is CCCNC(C)CN1CC(OC)C(OC)C1. The van der Waals surface area contributed by atoms with Gasteiger partial charge in [0.1, 0.15) is 0 Å². The van der Waals surface area contributed by atoms with E-state index >= 15 is 0 Å². The van der Waals surface area contributed by atoms with Gasteiger partial charge in [-0.05, 0) is 19.9 Å². The Morgan fingerprint density at radius 2 is 1.81 bits per heavy atom. The van der Waals surface area contributed by atoms with Crippen LogP contribution >= 0.6 is 0 Å². The van der Waals surface area contributed by atoms with Crippen molar-refractivity contribution in [1.29, 1.82) is 0 Å². The second-order valence-corrected chi connectivity index (χ2v) is 4.62. The fourth-order valence-electron chi connectivity index (χ4n) is 2.26. The van der Waals surface area contributed by atoms with E-state index in [0.717, 1.165) is 26.2 Å². The van der Waals surface area contributed by atoms with Crippen LogP contribution in [0.3, 0.4) is 0 Å². The highest BCUT2D eigenvalue weighted by Gasteiger charge is 2.33. The molecule has 1 fully saturated rings. The molecular formula is C12H26N2O2. The summed E-state index contributed by atoms with van der Waals surface area (Å²) in [5, 5.41) is 3.50. The van der Waals surface area contributed by atoms with Gasteiger partial charge in [-0.25, -0.2) is 0 Å². The molecule has 0 amide bonds. The van der Waals surface area contributed by atoms with Crippen molar-refractivity contribution in [2.45, 2.75) is 38.5 Å². The largest absolute Gasteiger partial charge is 0.377 e. The van der Waals surface area contributed by atoms with Gasteiger partial charge in [-0.2, -0.15) is 0 Å². The van der Waals surface area contributed by atoms with Crippen LogP contribution < -0.4 is 5.32 Å². The molecule has 3 unspecified atom stereocenters. The second kappa shape index (κ2) is 7.22. The highest BCUT2D eigenvalue weighted by Crippen LogP contribution is 2.15. The van der Waals surface area contributed by atoms with Gasteiger partial charge >= 0.3 is 0 Å². The molecule has 1 N–H and O–H groups in total. The van der Waals surface area contributed by atoms with Crippen molar-refractivity contribution >= 4 is 0 Å². The third-order valence-electron chi connectivity index (χ3n) is 3.17. The van der Waals surface area contributed by atoms with Crippen molar-refractivity contribution < 1.29 is 9.47 Å². The quantitative estimate of drug-likeness (QED) is 0.699. The zero-order chi connectivity index (χ0) is 12.0. The summed E-state index contributed by atoms with van der Waals surface area (Å²) >= 11 is 0. The van der Waals surface area contributed by atoms with E-state index in [0.29, 0.717) is 6.04 Å². The topological polar surface area (TPSA) is 33.7 Å². The first-order valence-corrected chi connectivity index (χ1v) is 6.22. The lowest BCUT2D eigenvalue weighted by Crippen LogP contribution is -2.39. The summed E-state index contributed by atoms with van der Waals surface area (Å²) in [6.07, 6.45) is 1.64. The van der Waals surface area contributed by atoms with Gasteiger partial charge in [-0.3, -0.25) is 4.90 Å². The van der Waals surface area contributed by atoms with Crippen molar-refractivity contribution in [3.8, 4) is 0 Å². The van der Waals surface area contributed by atoms with Crippen LogP contribution in [-0.2, 0) is 9.47 Å². The number of rotatable bonds is 7. The molecular weight excluding hydrogens is 204 g/mol. The van der Waals surface area contributed by atoms with Gasteiger partial charge in [0.2, 0.25) is 0 Å². The number of methoxy groups -OCH3 is 2. The number of nitrogens with zero attached hydrogens (tertiary/aromatic N) is 1. The Kier molecular flexibility index (Phi) is 6.28. The molecule has 0 saturated carbocycles. The van der Waals surface area contributed by atoms with Crippen LogP contribution in [0.1, 0.15) is 20.3 Å². The van der Waals surface area contributed by atoms with Crippen molar-refractivity contribution in [1.82, 2.24) is 10.2 Å². The minimum atomic E-state index is 0.225. The van der Waals surface area contributed by atoms with E-state index in [1.54, 1.807) is 14.2 Å². The maximum Gasteiger partial charge on any atom is 0.0971 e. The van der Waals surface area contributed by atoms with Crippen LogP contribution in [0, 0.1) is 0 Å². The zero-order valence-corrected chi connectivity index (χ0v) is 11.0. The van der Waals surface area contributed by atoms with E-state index in [9.17, 15) is 0 Å². The summed E-state index contributed by atoms with van der Waals surface area (Å²) in [5.41, 5.74) is 0. The molecule has 1 rings (SSSR count). The van der Waals surface area contributed by atoms with Crippen LogP contribution in [-0.4, -0.2) is 63.5 Å². The summed E-state index contributed by atoms with van der Waals surface area (Å²) in [6.45, 7) is 8.55. The average molecular weight is 230 g/mol. The monoisotopic (exact) mass is 230 g/mol. The van der Waals surface area contributed by atoms with Crippen LogP contribution in [0.15, 0.2) is 0 Å². The number of likely N-dealkylation sites (tertiary alicyclic amines) is 1. The van der Waals surface area contributed by atoms with Crippen LogP contribution in [0.5, 0.6) is 0 Å². The van der Waals surface area contributed by atoms with Crippen molar-refractivity contribution in [3.63, 3.8) is 0 Å². The molecule has 1 aliphatic rings.